The molecule has 3 unspecified atom stereocenters. The number of aryl methyl sites for hydroxylation is 2. The lowest BCUT2D eigenvalue weighted by Gasteiger charge is -2.13. The molecular weight excluding hydrogens is 368 g/mol. The van der Waals surface area contributed by atoms with Crippen molar-refractivity contribution in [2.45, 2.75) is 24.8 Å². The van der Waals surface area contributed by atoms with E-state index < -0.39 is 4.92 Å². The normalized spacial score (nSPS) is 21.8. The van der Waals surface area contributed by atoms with Gasteiger partial charge in [0.15, 0.2) is 5.82 Å². The Bertz CT molecular complexity index is 1140. The molecule has 29 heavy (non-hydrogen) atoms. The highest BCUT2D eigenvalue weighted by Crippen LogP contribution is 2.56. The molecule has 146 valence electrons. The number of carbonyl (C=O) groups excluding carboxylic acids is 1. The van der Waals surface area contributed by atoms with E-state index in [0.717, 1.165) is 12.8 Å². The molecule has 2 aliphatic rings. The van der Waals surface area contributed by atoms with Crippen LogP contribution in [-0.2, 0) is 13.5 Å². The summed E-state index contributed by atoms with van der Waals surface area (Å²) in [5, 5.41) is 15.1. The minimum absolute atomic E-state index is 0.0815. The third kappa shape index (κ3) is 2.90. The van der Waals surface area contributed by atoms with E-state index in [1.807, 2.05) is 0 Å². The van der Waals surface area contributed by atoms with Gasteiger partial charge in [0.05, 0.1) is 4.92 Å². The maximum absolute atomic E-state index is 12.7. The maximum atomic E-state index is 12.7. The molecule has 0 radical (unpaired) electrons. The predicted octanol–water partition coefficient (Wildman–Crippen LogP) is 3.70. The van der Waals surface area contributed by atoms with Crippen molar-refractivity contribution in [1.29, 1.82) is 0 Å². The van der Waals surface area contributed by atoms with Crippen LogP contribution >= 0.6 is 0 Å². The topological polar surface area (TPSA) is 90.1 Å². The molecule has 2 aliphatic carbocycles. The average Bonchev–Trinajstić information content (AvgIpc) is 3.26. The zero-order chi connectivity index (χ0) is 20.1. The van der Waals surface area contributed by atoms with Crippen molar-refractivity contribution < 1.29 is 9.72 Å². The number of carbonyl (C=O) groups is 1. The molecule has 0 bridgehead atoms. The Kier molecular flexibility index (Phi) is 3.97. The van der Waals surface area contributed by atoms with E-state index in [4.69, 9.17) is 0 Å². The van der Waals surface area contributed by atoms with E-state index in [1.54, 1.807) is 29.9 Å². The van der Waals surface area contributed by atoms with Crippen molar-refractivity contribution in [2.24, 2.45) is 13.0 Å². The molecule has 7 heteroatoms. The lowest BCUT2D eigenvalue weighted by atomic mass is 9.92. The second-order valence-electron chi connectivity index (χ2n) is 7.78. The van der Waals surface area contributed by atoms with Crippen molar-refractivity contribution in [1.82, 2.24) is 9.55 Å². The Morgan fingerprint density at radius 3 is 2.86 bits per heavy atom. The molecule has 7 nitrogen and oxygen atoms in total. The van der Waals surface area contributed by atoms with E-state index in [0.29, 0.717) is 17.5 Å². The minimum Gasteiger partial charge on any atom is -0.376 e. The average molecular weight is 388 g/mol. The van der Waals surface area contributed by atoms with Crippen LogP contribution in [0, 0.1) is 16.0 Å². The van der Waals surface area contributed by atoms with Gasteiger partial charge in [0.2, 0.25) is 5.78 Å². The third-order valence-electron chi connectivity index (χ3n) is 6.13. The SMILES string of the molecule is Cn1ccnc1C(=O)c1ccc(NC2C3CCc4ccccc4C32)c([N+](=O)[O-])c1. The zero-order valence-electron chi connectivity index (χ0n) is 15.9. The quantitative estimate of drug-likeness (QED) is 0.409. The van der Waals surface area contributed by atoms with Crippen LogP contribution in [0.5, 0.6) is 0 Å². The Labute approximate surface area is 167 Å². The first kappa shape index (κ1) is 17.6. The van der Waals surface area contributed by atoms with Crippen LogP contribution in [-0.4, -0.2) is 26.3 Å². The number of fused-ring (bicyclic) bond motifs is 3. The smallest absolute Gasteiger partial charge is 0.293 e. The van der Waals surface area contributed by atoms with Crippen LogP contribution in [0.4, 0.5) is 11.4 Å². The number of aromatic nitrogens is 2. The lowest BCUT2D eigenvalue weighted by molar-refractivity contribution is -0.384. The highest BCUT2D eigenvalue weighted by Gasteiger charge is 2.53. The summed E-state index contributed by atoms with van der Waals surface area (Å²) in [6.45, 7) is 0. The first-order chi connectivity index (χ1) is 14.0. The third-order valence-corrected chi connectivity index (χ3v) is 6.13. The second-order valence-corrected chi connectivity index (χ2v) is 7.78. The number of nitro groups is 1. The summed E-state index contributed by atoms with van der Waals surface area (Å²) in [6, 6.07) is 13.3. The van der Waals surface area contributed by atoms with Crippen LogP contribution in [0.15, 0.2) is 54.9 Å². The first-order valence-corrected chi connectivity index (χ1v) is 9.69. The van der Waals surface area contributed by atoms with Crippen molar-refractivity contribution in [2.75, 3.05) is 5.32 Å². The second kappa shape index (κ2) is 6.55. The fourth-order valence-electron chi connectivity index (χ4n) is 4.60. The van der Waals surface area contributed by atoms with E-state index in [2.05, 4.69) is 34.6 Å². The Morgan fingerprint density at radius 2 is 2.10 bits per heavy atom. The van der Waals surface area contributed by atoms with Crippen molar-refractivity contribution in [3.63, 3.8) is 0 Å². The molecule has 3 aromatic rings. The van der Waals surface area contributed by atoms with Gasteiger partial charge in [0.25, 0.3) is 5.69 Å². The number of hydrogen-bond donors (Lipinski definition) is 1. The highest BCUT2D eigenvalue weighted by atomic mass is 16.6. The van der Waals surface area contributed by atoms with Gasteiger partial charge >= 0.3 is 0 Å². The summed E-state index contributed by atoms with van der Waals surface area (Å²) < 4.78 is 1.60. The largest absolute Gasteiger partial charge is 0.376 e. The van der Waals surface area contributed by atoms with Crippen molar-refractivity contribution in [3.8, 4) is 0 Å². The Balaban J connectivity index is 1.42. The molecular formula is C22H20N4O3. The Hall–Kier alpha value is -3.48. The fraction of sp³-hybridized carbons (Fsp3) is 0.273. The summed E-state index contributed by atoms with van der Waals surface area (Å²) in [6.07, 6.45) is 5.34. The van der Waals surface area contributed by atoms with Gasteiger partial charge in [-0.15, -0.1) is 0 Å². The first-order valence-electron chi connectivity index (χ1n) is 9.69. The molecule has 0 saturated heterocycles. The number of nitrogens with one attached hydrogen (secondary N) is 1. The molecule has 1 heterocycles. The number of anilines is 1. The number of rotatable bonds is 5. The summed E-state index contributed by atoms with van der Waals surface area (Å²) in [7, 11) is 1.72. The maximum Gasteiger partial charge on any atom is 0.293 e. The van der Waals surface area contributed by atoms with Crippen LogP contribution in [0.2, 0.25) is 0 Å². The lowest BCUT2D eigenvalue weighted by Crippen LogP contribution is -2.11. The van der Waals surface area contributed by atoms with Gasteiger partial charge in [-0.2, -0.15) is 0 Å². The molecule has 0 spiro atoms. The molecule has 5 rings (SSSR count). The summed E-state index contributed by atoms with van der Waals surface area (Å²) in [5.41, 5.74) is 3.37. The molecule has 1 saturated carbocycles. The van der Waals surface area contributed by atoms with Gasteiger partial charge in [-0.05, 0) is 42.0 Å². The van der Waals surface area contributed by atoms with E-state index in [-0.39, 0.29) is 28.9 Å². The van der Waals surface area contributed by atoms with E-state index in [1.165, 1.54) is 23.4 Å². The van der Waals surface area contributed by atoms with Crippen molar-refractivity contribution >= 4 is 17.2 Å². The van der Waals surface area contributed by atoms with Gasteiger partial charge in [-0.1, -0.05) is 24.3 Å². The van der Waals surface area contributed by atoms with Crippen LogP contribution in [0.25, 0.3) is 0 Å². The minimum atomic E-state index is -0.433. The molecule has 3 atom stereocenters. The summed E-state index contributed by atoms with van der Waals surface area (Å²) >= 11 is 0. The number of hydrogen-bond acceptors (Lipinski definition) is 5. The van der Waals surface area contributed by atoms with Gasteiger partial charge in [-0.25, -0.2) is 4.98 Å². The zero-order valence-corrected chi connectivity index (χ0v) is 15.9. The summed E-state index contributed by atoms with van der Waals surface area (Å²) in [5.74, 6) is 0.817. The molecule has 0 amide bonds. The van der Waals surface area contributed by atoms with Gasteiger partial charge in [0, 0.05) is 43.0 Å². The number of nitrogens with zero attached hydrogens (tertiary/aromatic N) is 3. The number of nitro benzene ring substituents is 1. The monoisotopic (exact) mass is 388 g/mol. The van der Waals surface area contributed by atoms with E-state index in [9.17, 15) is 14.9 Å². The number of ketones is 1. The predicted molar refractivity (Wildman–Crippen MR) is 108 cm³/mol. The van der Waals surface area contributed by atoms with Crippen LogP contribution in [0.3, 0.4) is 0 Å². The molecule has 1 aromatic heterocycles. The van der Waals surface area contributed by atoms with Crippen LogP contribution in [0.1, 0.15) is 39.6 Å². The fourth-order valence-corrected chi connectivity index (χ4v) is 4.60. The standard InChI is InChI=1S/C22H20N4O3/c1-25-11-10-23-22(25)21(27)14-7-9-17(18(12-14)26(28)29)24-20-16-8-6-13-4-2-3-5-15(13)19(16)20/h2-5,7,9-12,16,19-20,24H,6,8H2,1H3. The number of benzene rings is 2. The summed E-state index contributed by atoms with van der Waals surface area (Å²) in [4.78, 5) is 28.0. The number of imidazole rings is 1. The van der Waals surface area contributed by atoms with Gasteiger partial charge in [0.1, 0.15) is 5.69 Å². The van der Waals surface area contributed by atoms with Gasteiger partial charge in [-0.3, -0.25) is 14.9 Å². The van der Waals surface area contributed by atoms with Crippen molar-refractivity contribution in [3.05, 3.63) is 87.5 Å². The Morgan fingerprint density at radius 1 is 1.28 bits per heavy atom. The molecule has 1 N–H and O–H groups in total. The van der Waals surface area contributed by atoms with E-state index >= 15 is 0 Å². The highest BCUT2D eigenvalue weighted by molar-refractivity contribution is 6.07. The van der Waals surface area contributed by atoms with Gasteiger partial charge < -0.3 is 9.88 Å². The molecule has 1 fully saturated rings. The molecule has 2 aromatic carbocycles. The molecule has 0 aliphatic heterocycles. The van der Waals surface area contributed by atoms with Crippen LogP contribution < -0.4 is 5.32 Å².